The molecule has 6 nitrogen and oxygen atoms in total. The summed E-state index contributed by atoms with van der Waals surface area (Å²) in [6, 6.07) is 8.33. The summed E-state index contributed by atoms with van der Waals surface area (Å²) in [7, 11) is 1.99. The molecule has 160 valence electrons. The van der Waals surface area contributed by atoms with Crippen molar-refractivity contribution in [3.8, 4) is 5.75 Å². The predicted octanol–water partition coefficient (Wildman–Crippen LogP) is 3.90. The maximum Gasteiger partial charge on any atom is 0.191 e. The summed E-state index contributed by atoms with van der Waals surface area (Å²) in [4.78, 5) is 4.80. The van der Waals surface area contributed by atoms with Crippen LogP contribution in [0.4, 0.5) is 0 Å². The number of hydrogen-bond acceptors (Lipinski definition) is 3. The average Bonchev–Trinajstić information content (AvgIpc) is 2.86. The van der Waals surface area contributed by atoms with Crippen LogP contribution in [0.15, 0.2) is 29.3 Å². The van der Waals surface area contributed by atoms with E-state index < -0.39 is 0 Å². The molecule has 1 heterocycles. The molecule has 0 saturated heterocycles. The highest BCUT2D eigenvalue weighted by molar-refractivity contribution is 5.80. The number of benzene rings is 1. The summed E-state index contributed by atoms with van der Waals surface area (Å²) < 4.78 is 8.04. The number of guanidine groups is 1. The number of ether oxygens (including phenoxy) is 1. The molecule has 2 N–H and O–H groups in total. The van der Waals surface area contributed by atoms with Crippen molar-refractivity contribution in [1.82, 2.24) is 20.4 Å². The van der Waals surface area contributed by atoms with E-state index in [1.54, 1.807) is 0 Å². The number of para-hydroxylation sites is 1. The minimum Gasteiger partial charge on any atom is -0.488 e. The van der Waals surface area contributed by atoms with Crippen molar-refractivity contribution in [3.05, 3.63) is 46.8 Å². The van der Waals surface area contributed by atoms with Gasteiger partial charge < -0.3 is 15.4 Å². The highest BCUT2D eigenvalue weighted by Crippen LogP contribution is 2.23. The lowest BCUT2D eigenvalue weighted by molar-refractivity contribution is 0.129. The Morgan fingerprint density at radius 2 is 1.93 bits per heavy atom. The Hall–Kier alpha value is -2.50. The van der Waals surface area contributed by atoms with Gasteiger partial charge in [0, 0.05) is 30.9 Å². The van der Waals surface area contributed by atoms with E-state index in [1.165, 1.54) is 11.3 Å². The molecule has 0 bridgehead atoms. The molecule has 1 aromatic carbocycles. The van der Waals surface area contributed by atoms with E-state index in [-0.39, 0.29) is 11.6 Å². The summed E-state index contributed by atoms with van der Waals surface area (Å²) in [5.74, 6) is 1.69. The lowest BCUT2D eigenvalue weighted by atomic mass is 10.1. The maximum absolute atomic E-state index is 6.09. The monoisotopic (exact) mass is 399 g/mol. The topological polar surface area (TPSA) is 63.5 Å². The van der Waals surface area contributed by atoms with Gasteiger partial charge in [-0.15, -0.1) is 0 Å². The number of nitrogens with zero attached hydrogens (tertiary/aromatic N) is 3. The fraction of sp³-hybridized carbons (Fsp3) is 0.565. The number of nitrogens with one attached hydrogen (secondary N) is 2. The van der Waals surface area contributed by atoms with Crippen molar-refractivity contribution < 1.29 is 4.74 Å². The highest BCUT2D eigenvalue weighted by atomic mass is 16.5. The van der Waals surface area contributed by atoms with Crippen LogP contribution >= 0.6 is 0 Å². The second-order valence-electron chi connectivity index (χ2n) is 8.54. The summed E-state index contributed by atoms with van der Waals surface area (Å²) >= 11 is 0. The average molecular weight is 400 g/mol. The minimum absolute atomic E-state index is 0.232. The largest absolute Gasteiger partial charge is 0.488 e. The molecular formula is C23H37N5O. The van der Waals surface area contributed by atoms with Gasteiger partial charge in [0.15, 0.2) is 5.96 Å². The zero-order valence-electron chi connectivity index (χ0n) is 19.3. The van der Waals surface area contributed by atoms with Gasteiger partial charge in [0.05, 0.1) is 12.2 Å². The third kappa shape index (κ3) is 6.80. The van der Waals surface area contributed by atoms with E-state index in [2.05, 4.69) is 70.3 Å². The molecule has 29 heavy (non-hydrogen) atoms. The fourth-order valence-electron chi connectivity index (χ4n) is 3.25. The molecule has 0 radical (unpaired) electrons. The van der Waals surface area contributed by atoms with Crippen LogP contribution in [0.3, 0.4) is 0 Å². The van der Waals surface area contributed by atoms with Gasteiger partial charge in [-0.05, 0) is 66.5 Å². The first-order chi connectivity index (χ1) is 13.6. The number of aromatic nitrogens is 2. The van der Waals surface area contributed by atoms with Gasteiger partial charge >= 0.3 is 0 Å². The minimum atomic E-state index is -0.240. The SMILES string of the molecule is CCNC(=NCc1ccccc1OC(C)(C)C)NC(C)Cc1c(C)nn(C)c1C. The number of hydrogen-bond donors (Lipinski definition) is 2. The molecule has 0 aliphatic rings. The van der Waals surface area contributed by atoms with Crippen molar-refractivity contribution in [3.63, 3.8) is 0 Å². The molecule has 0 aliphatic heterocycles. The standard InChI is InChI=1S/C23H37N5O/c1-9-24-22(26-16(2)14-20-17(3)27-28(8)18(20)4)25-15-19-12-10-11-13-21(19)29-23(5,6)7/h10-13,16H,9,14-15H2,1-8H3,(H2,24,25,26). The Balaban J connectivity index is 2.10. The van der Waals surface area contributed by atoms with Gasteiger partial charge in [-0.1, -0.05) is 18.2 Å². The normalized spacial score (nSPS) is 13.3. The van der Waals surface area contributed by atoms with E-state index in [4.69, 9.17) is 9.73 Å². The van der Waals surface area contributed by atoms with Crippen molar-refractivity contribution in [2.24, 2.45) is 12.0 Å². The molecule has 2 aromatic rings. The highest BCUT2D eigenvalue weighted by Gasteiger charge is 2.16. The van der Waals surface area contributed by atoms with Gasteiger partial charge in [0.1, 0.15) is 11.4 Å². The number of rotatable bonds is 7. The van der Waals surface area contributed by atoms with Crippen LogP contribution in [-0.2, 0) is 20.0 Å². The molecule has 2 rings (SSSR count). The zero-order valence-corrected chi connectivity index (χ0v) is 19.3. The third-order valence-electron chi connectivity index (χ3n) is 4.69. The van der Waals surface area contributed by atoms with Gasteiger partial charge in [0.25, 0.3) is 0 Å². The lowest BCUT2D eigenvalue weighted by Gasteiger charge is -2.23. The molecule has 0 saturated carbocycles. The second-order valence-corrected chi connectivity index (χ2v) is 8.54. The summed E-state index contributed by atoms with van der Waals surface area (Å²) in [6.07, 6.45) is 0.902. The van der Waals surface area contributed by atoms with E-state index in [0.29, 0.717) is 6.54 Å². The van der Waals surface area contributed by atoms with E-state index in [9.17, 15) is 0 Å². The molecule has 1 atom stereocenters. The quantitative estimate of drug-likeness (QED) is 0.547. The molecule has 6 heteroatoms. The van der Waals surface area contributed by atoms with Crippen LogP contribution in [0.1, 0.15) is 57.1 Å². The van der Waals surface area contributed by atoms with Crippen molar-refractivity contribution >= 4 is 5.96 Å². The summed E-state index contributed by atoms with van der Waals surface area (Å²) in [5.41, 5.74) is 4.44. The van der Waals surface area contributed by atoms with Crippen LogP contribution < -0.4 is 15.4 Å². The Labute approximate surface area is 175 Å². The summed E-state index contributed by atoms with van der Waals surface area (Å²) in [6.45, 7) is 16.0. The van der Waals surface area contributed by atoms with Crippen LogP contribution in [0.25, 0.3) is 0 Å². The molecule has 0 spiro atoms. The maximum atomic E-state index is 6.09. The zero-order chi connectivity index (χ0) is 21.6. The number of aryl methyl sites for hydroxylation is 2. The fourth-order valence-corrected chi connectivity index (χ4v) is 3.25. The Morgan fingerprint density at radius 1 is 1.24 bits per heavy atom. The molecule has 0 fully saturated rings. The van der Waals surface area contributed by atoms with E-state index in [0.717, 1.165) is 35.9 Å². The first-order valence-electron chi connectivity index (χ1n) is 10.4. The number of aliphatic imine (C=N–C) groups is 1. The van der Waals surface area contributed by atoms with E-state index in [1.807, 2.05) is 29.9 Å². The second kappa shape index (κ2) is 9.81. The lowest BCUT2D eigenvalue weighted by Crippen LogP contribution is -2.43. The van der Waals surface area contributed by atoms with Crippen LogP contribution in [-0.4, -0.2) is 33.9 Å². The Bertz CT molecular complexity index is 832. The third-order valence-corrected chi connectivity index (χ3v) is 4.69. The van der Waals surface area contributed by atoms with E-state index >= 15 is 0 Å². The predicted molar refractivity (Wildman–Crippen MR) is 121 cm³/mol. The molecule has 1 unspecified atom stereocenters. The summed E-state index contributed by atoms with van der Waals surface area (Å²) in [5, 5.41) is 11.4. The van der Waals surface area contributed by atoms with Crippen LogP contribution in [0, 0.1) is 13.8 Å². The van der Waals surface area contributed by atoms with Crippen LogP contribution in [0.2, 0.25) is 0 Å². The van der Waals surface area contributed by atoms with Gasteiger partial charge in [0.2, 0.25) is 0 Å². The Morgan fingerprint density at radius 3 is 2.52 bits per heavy atom. The molecule has 0 aliphatic carbocycles. The van der Waals surface area contributed by atoms with Crippen molar-refractivity contribution in [2.75, 3.05) is 6.54 Å². The first kappa shape index (κ1) is 22.8. The van der Waals surface area contributed by atoms with Gasteiger partial charge in [-0.3, -0.25) is 4.68 Å². The molecule has 1 aromatic heterocycles. The van der Waals surface area contributed by atoms with Gasteiger partial charge in [-0.25, -0.2) is 4.99 Å². The molecular weight excluding hydrogens is 362 g/mol. The van der Waals surface area contributed by atoms with Gasteiger partial charge in [-0.2, -0.15) is 5.10 Å². The first-order valence-corrected chi connectivity index (χ1v) is 10.4. The van der Waals surface area contributed by atoms with Crippen molar-refractivity contribution in [2.45, 2.75) is 73.1 Å². The Kier molecular flexibility index (Phi) is 7.71. The smallest absolute Gasteiger partial charge is 0.191 e. The van der Waals surface area contributed by atoms with Crippen molar-refractivity contribution in [1.29, 1.82) is 0 Å². The molecule has 0 amide bonds. The van der Waals surface area contributed by atoms with Crippen LogP contribution in [0.5, 0.6) is 5.75 Å².